The molecule has 1 aliphatic heterocycles. The second-order valence-electron chi connectivity index (χ2n) is 7.09. The molecule has 0 bridgehead atoms. The molecule has 2 saturated carbocycles. The van der Waals surface area contributed by atoms with Gasteiger partial charge < -0.3 is 15.2 Å². The van der Waals surface area contributed by atoms with Gasteiger partial charge in [0.05, 0.1) is 6.61 Å². The van der Waals surface area contributed by atoms with Gasteiger partial charge in [-0.1, -0.05) is 31.0 Å². The zero-order chi connectivity index (χ0) is 16.0. The van der Waals surface area contributed by atoms with Gasteiger partial charge in [-0.2, -0.15) is 0 Å². The molecule has 0 saturated heterocycles. The van der Waals surface area contributed by atoms with Crippen molar-refractivity contribution >= 4 is 11.9 Å². The van der Waals surface area contributed by atoms with E-state index in [-0.39, 0.29) is 17.2 Å². The molecule has 23 heavy (non-hydrogen) atoms. The van der Waals surface area contributed by atoms with Gasteiger partial charge in [-0.25, -0.2) is 4.79 Å². The van der Waals surface area contributed by atoms with Crippen molar-refractivity contribution in [3.8, 4) is 5.75 Å². The predicted molar refractivity (Wildman–Crippen MR) is 83.2 cm³/mol. The third-order valence-electron chi connectivity index (χ3n) is 5.50. The van der Waals surface area contributed by atoms with E-state index < -0.39 is 12.0 Å². The number of hydrogen-bond donors (Lipinski definition) is 2. The standard InChI is InChI=1S/C18H21NO4/c20-16(19-14(17(21)22)9-11-5-6-11)13-10-18(13)7-8-23-15-4-2-1-3-12(15)18/h1-4,11,13-14H,5-10H2,(H,19,20)(H,21,22)/t13-,14?,18-/m0/s1. The summed E-state index contributed by atoms with van der Waals surface area (Å²) >= 11 is 0. The van der Waals surface area contributed by atoms with Crippen LogP contribution < -0.4 is 10.1 Å². The van der Waals surface area contributed by atoms with Crippen LogP contribution in [-0.2, 0) is 15.0 Å². The van der Waals surface area contributed by atoms with E-state index in [1.54, 1.807) is 0 Å². The summed E-state index contributed by atoms with van der Waals surface area (Å²) in [4.78, 5) is 24.0. The Kier molecular flexibility index (Phi) is 3.32. The highest BCUT2D eigenvalue weighted by molar-refractivity contribution is 5.88. The SMILES string of the molecule is O=C(O)C(CC1CC1)NC(=O)[C@@H]1C[C@]12CCOc1ccccc12. The molecule has 2 fully saturated rings. The molecule has 1 spiro atoms. The van der Waals surface area contributed by atoms with Crippen LogP contribution in [0.25, 0.3) is 0 Å². The normalized spacial score (nSPS) is 29.3. The first-order valence-electron chi connectivity index (χ1n) is 8.36. The number of nitrogens with one attached hydrogen (secondary N) is 1. The largest absolute Gasteiger partial charge is 0.493 e. The maximum absolute atomic E-state index is 12.6. The summed E-state index contributed by atoms with van der Waals surface area (Å²) < 4.78 is 5.68. The molecule has 5 heteroatoms. The number of carbonyl (C=O) groups is 2. The molecule has 1 unspecified atom stereocenters. The van der Waals surface area contributed by atoms with Gasteiger partial charge in [0.1, 0.15) is 11.8 Å². The number of carbonyl (C=O) groups excluding carboxylic acids is 1. The monoisotopic (exact) mass is 315 g/mol. The van der Waals surface area contributed by atoms with Gasteiger partial charge in [0.25, 0.3) is 0 Å². The maximum Gasteiger partial charge on any atom is 0.326 e. The number of benzene rings is 1. The number of aliphatic carboxylic acids is 1. The molecule has 5 nitrogen and oxygen atoms in total. The van der Waals surface area contributed by atoms with Crippen LogP contribution >= 0.6 is 0 Å². The summed E-state index contributed by atoms with van der Waals surface area (Å²) in [6.07, 6.45) is 4.33. The molecular weight excluding hydrogens is 294 g/mol. The van der Waals surface area contributed by atoms with E-state index in [9.17, 15) is 14.7 Å². The molecular formula is C18H21NO4. The Hall–Kier alpha value is -2.04. The number of para-hydroxylation sites is 1. The topological polar surface area (TPSA) is 75.6 Å². The zero-order valence-corrected chi connectivity index (χ0v) is 13.0. The third kappa shape index (κ3) is 2.58. The lowest BCUT2D eigenvalue weighted by Gasteiger charge is -2.27. The van der Waals surface area contributed by atoms with Crippen molar-refractivity contribution in [1.29, 1.82) is 0 Å². The molecule has 0 aromatic heterocycles. The lowest BCUT2D eigenvalue weighted by molar-refractivity contribution is -0.142. The van der Waals surface area contributed by atoms with E-state index in [2.05, 4.69) is 5.32 Å². The predicted octanol–water partition coefficient (Wildman–Crippen LogP) is 2.10. The molecule has 0 radical (unpaired) electrons. The van der Waals surface area contributed by atoms with E-state index >= 15 is 0 Å². The highest BCUT2D eigenvalue weighted by Crippen LogP contribution is 2.60. The third-order valence-corrected chi connectivity index (χ3v) is 5.50. The van der Waals surface area contributed by atoms with Gasteiger partial charge in [0.2, 0.25) is 5.91 Å². The van der Waals surface area contributed by atoms with Crippen LogP contribution in [0.4, 0.5) is 0 Å². The molecule has 2 aliphatic carbocycles. The lowest BCUT2D eigenvalue weighted by Crippen LogP contribution is -2.43. The number of ether oxygens (including phenoxy) is 1. The van der Waals surface area contributed by atoms with Gasteiger partial charge in [-0.05, 0) is 31.2 Å². The minimum absolute atomic E-state index is 0.116. The number of carboxylic acid groups (broad SMARTS) is 1. The smallest absolute Gasteiger partial charge is 0.326 e. The summed E-state index contributed by atoms with van der Waals surface area (Å²) in [6.45, 7) is 0.616. The summed E-state index contributed by atoms with van der Waals surface area (Å²) in [5.41, 5.74) is 0.946. The van der Waals surface area contributed by atoms with Crippen LogP contribution in [0.5, 0.6) is 5.75 Å². The number of rotatable bonds is 5. The molecule has 2 N–H and O–H groups in total. The van der Waals surface area contributed by atoms with Crippen LogP contribution in [0.2, 0.25) is 0 Å². The molecule has 3 atom stereocenters. The van der Waals surface area contributed by atoms with E-state index in [0.717, 1.165) is 37.0 Å². The highest BCUT2D eigenvalue weighted by Gasteiger charge is 2.61. The molecule has 1 amide bonds. The van der Waals surface area contributed by atoms with Crippen molar-refractivity contribution in [3.05, 3.63) is 29.8 Å². The Labute approximate surface area is 135 Å². The Morgan fingerprint density at radius 1 is 1.35 bits per heavy atom. The number of carboxylic acids is 1. The van der Waals surface area contributed by atoms with Crippen LogP contribution in [0.1, 0.15) is 37.7 Å². The van der Waals surface area contributed by atoms with E-state index in [1.165, 1.54) is 0 Å². The molecule has 1 aromatic carbocycles. The van der Waals surface area contributed by atoms with Crippen molar-refractivity contribution in [2.75, 3.05) is 6.61 Å². The Morgan fingerprint density at radius 2 is 2.13 bits per heavy atom. The van der Waals surface area contributed by atoms with Crippen LogP contribution in [0.15, 0.2) is 24.3 Å². The van der Waals surface area contributed by atoms with Crippen molar-refractivity contribution in [1.82, 2.24) is 5.32 Å². The molecule has 1 heterocycles. The Bertz CT molecular complexity index is 654. The Balaban J connectivity index is 1.48. The van der Waals surface area contributed by atoms with Gasteiger partial charge >= 0.3 is 5.97 Å². The average Bonchev–Trinajstić information content (AvgIpc) is 3.44. The minimum Gasteiger partial charge on any atom is -0.493 e. The van der Waals surface area contributed by atoms with Crippen LogP contribution in [-0.4, -0.2) is 29.6 Å². The molecule has 1 aromatic rings. The highest BCUT2D eigenvalue weighted by atomic mass is 16.5. The van der Waals surface area contributed by atoms with Crippen molar-refractivity contribution in [2.45, 2.75) is 43.6 Å². The van der Waals surface area contributed by atoms with Crippen LogP contribution in [0, 0.1) is 11.8 Å². The summed E-state index contributed by atoms with van der Waals surface area (Å²) in [5, 5.41) is 12.1. The number of fused-ring (bicyclic) bond motifs is 2. The number of amides is 1. The van der Waals surface area contributed by atoms with Crippen molar-refractivity contribution < 1.29 is 19.4 Å². The second kappa shape index (κ2) is 5.25. The zero-order valence-electron chi connectivity index (χ0n) is 13.0. The first-order chi connectivity index (χ1) is 11.1. The van der Waals surface area contributed by atoms with E-state index in [0.29, 0.717) is 18.9 Å². The summed E-state index contributed by atoms with van der Waals surface area (Å²) in [7, 11) is 0. The first-order valence-corrected chi connectivity index (χ1v) is 8.36. The average molecular weight is 315 g/mol. The first kappa shape index (κ1) is 14.5. The lowest BCUT2D eigenvalue weighted by atomic mass is 9.87. The van der Waals surface area contributed by atoms with Crippen LogP contribution in [0.3, 0.4) is 0 Å². The van der Waals surface area contributed by atoms with Gasteiger partial charge in [0.15, 0.2) is 0 Å². The van der Waals surface area contributed by atoms with Gasteiger partial charge in [-0.3, -0.25) is 4.79 Å². The fraction of sp³-hybridized carbons (Fsp3) is 0.556. The summed E-state index contributed by atoms with van der Waals surface area (Å²) in [6, 6.07) is 7.13. The van der Waals surface area contributed by atoms with Gasteiger partial charge in [-0.15, -0.1) is 0 Å². The molecule has 3 aliphatic rings. The van der Waals surface area contributed by atoms with E-state index in [1.807, 2.05) is 24.3 Å². The van der Waals surface area contributed by atoms with E-state index in [4.69, 9.17) is 4.74 Å². The van der Waals surface area contributed by atoms with Crippen molar-refractivity contribution in [2.24, 2.45) is 11.8 Å². The fourth-order valence-corrected chi connectivity index (χ4v) is 3.89. The number of hydrogen-bond acceptors (Lipinski definition) is 3. The van der Waals surface area contributed by atoms with Gasteiger partial charge in [0, 0.05) is 16.9 Å². The minimum atomic E-state index is -0.924. The van der Waals surface area contributed by atoms with Crippen molar-refractivity contribution in [3.63, 3.8) is 0 Å². The quantitative estimate of drug-likeness (QED) is 0.872. The molecule has 122 valence electrons. The second-order valence-corrected chi connectivity index (χ2v) is 7.09. The maximum atomic E-state index is 12.6. The molecule has 4 rings (SSSR count). The fourth-order valence-electron chi connectivity index (χ4n) is 3.89. The Morgan fingerprint density at radius 3 is 2.87 bits per heavy atom. The summed E-state index contributed by atoms with van der Waals surface area (Å²) in [5.74, 6) is 0.158.